The third kappa shape index (κ3) is 5.83. The molecule has 0 unspecified atom stereocenters. The number of carbonyl (C=O) groups excluding carboxylic acids is 1. The summed E-state index contributed by atoms with van der Waals surface area (Å²) in [7, 11) is 0. The van der Waals surface area contributed by atoms with Gasteiger partial charge in [0.2, 0.25) is 0 Å². The van der Waals surface area contributed by atoms with Crippen LogP contribution in [0, 0.1) is 5.82 Å². The molecule has 2 aromatic carbocycles. The number of halogens is 2. The van der Waals surface area contributed by atoms with E-state index < -0.39 is 11.8 Å². The molecule has 1 aromatic heterocycles. The van der Waals surface area contributed by atoms with Gasteiger partial charge in [0.15, 0.2) is 0 Å². The number of amides is 2. The number of anilines is 1. The molecule has 1 heterocycles. The normalized spacial score (nSPS) is 11.4. The first-order valence-corrected chi connectivity index (χ1v) is 10.3. The molecule has 0 saturated heterocycles. The molecule has 0 radical (unpaired) electrons. The van der Waals surface area contributed by atoms with Crippen LogP contribution in [-0.4, -0.2) is 27.5 Å². The second kappa shape index (κ2) is 9.49. The van der Waals surface area contributed by atoms with Crippen LogP contribution in [-0.2, 0) is 18.4 Å². The molecule has 3 aromatic rings. The molecule has 3 N–H and O–H groups in total. The molecule has 0 spiro atoms. The SMILES string of the molecule is CC(C)(C)c1cc(CNC(=O)Nc2ccc(CCO)c(F)c2)n(-c2cccc(Cl)c2)n1. The van der Waals surface area contributed by atoms with Crippen LogP contribution in [0.4, 0.5) is 14.9 Å². The Morgan fingerprint density at radius 1 is 1.19 bits per heavy atom. The first-order valence-electron chi connectivity index (χ1n) is 9.97. The summed E-state index contributed by atoms with van der Waals surface area (Å²) in [6.45, 7) is 6.28. The Kier molecular flexibility index (Phi) is 6.97. The van der Waals surface area contributed by atoms with Gasteiger partial charge in [0, 0.05) is 22.7 Å². The molecule has 2 amide bonds. The van der Waals surface area contributed by atoms with Crippen LogP contribution in [0.5, 0.6) is 0 Å². The van der Waals surface area contributed by atoms with E-state index in [2.05, 4.69) is 31.4 Å². The van der Waals surface area contributed by atoms with Crippen LogP contribution < -0.4 is 10.6 Å². The number of aliphatic hydroxyl groups is 1. The van der Waals surface area contributed by atoms with Crippen molar-refractivity contribution < 1.29 is 14.3 Å². The number of aromatic nitrogens is 2. The number of urea groups is 1. The van der Waals surface area contributed by atoms with Gasteiger partial charge in [-0.15, -0.1) is 0 Å². The number of nitrogens with zero attached hydrogens (tertiary/aromatic N) is 2. The Morgan fingerprint density at radius 2 is 1.97 bits per heavy atom. The summed E-state index contributed by atoms with van der Waals surface area (Å²) >= 11 is 6.14. The Labute approximate surface area is 186 Å². The Morgan fingerprint density at radius 3 is 2.61 bits per heavy atom. The molecular formula is C23H26ClFN4O2. The van der Waals surface area contributed by atoms with E-state index >= 15 is 0 Å². The Hall–Kier alpha value is -2.90. The molecule has 31 heavy (non-hydrogen) atoms. The van der Waals surface area contributed by atoms with Crippen molar-refractivity contribution in [2.75, 3.05) is 11.9 Å². The molecule has 0 aliphatic carbocycles. The van der Waals surface area contributed by atoms with Crippen LogP contribution in [0.25, 0.3) is 5.69 Å². The minimum Gasteiger partial charge on any atom is -0.396 e. The van der Waals surface area contributed by atoms with Crippen molar-refractivity contribution in [1.29, 1.82) is 0 Å². The highest BCUT2D eigenvalue weighted by molar-refractivity contribution is 6.30. The maximum atomic E-state index is 14.0. The zero-order valence-corrected chi connectivity index (χ0v) is 18.5. The van der Waals surface area contributed by atoms with Gasteiger partial charge in [-0.1, -0.05) is 44.5 Å². The molecule has 0 fully saturated rings. The summed E-state index contributed by atoms with van der Waals surface area (Å²) in [5.41, 5.74) is 3.01. The predicted molar refractivity (Wildman–Crippen MR) is 120 cm³/mol. The van der Waals surface area contributed by atoms with Gasteiger partial charge in [-0.3, -0.25) is 0 Å². The van der Waals surface area contributed by atoms with Crippen molar-refractivity contribution in [3.05, 3.63) is 76.3 Å². The van der Waals surface area contributed by atoms with E-state index in [1.807, 2.05) is 18.2 Å². The van der Waals surface area contributed by atoms with Gasteiger partial charge < -0.3 is 15.7 Å². The smallest absolute Gasteiger partial charge is 0.319 e. The lowest BCUT2D eigenvalue weighted by atomic mass is 9.92. The molecule has 6 nitrogen and oxygen atoms in total. The number of nitrogens with one attached hydrogen (secondary N) is 2. The zero-order valence-electron chi connectivity index (χ0n) is 17.7. The molecule has 0 aliphatic heterocycles. The maximum Gasteiger partial charge on any atom is 0.319 e. The highest BCUT2D eigenvalue weighted by atomic mass is 35.5. The summed E-state index contributed by atoms with van der Waals surface area (Å²) in [5.74, 6) is -0.472. The van der Waals surface area contributed by atoms with Gasteiger partial charge in [0.25, 0.3) is 0 Å². The van der Waals surface area contributed by atoms with Crippen LogP contribution in [0.3, 0.4) is 0 Å². The van der Waals surface area contributed by atoms with E-state index in [0.717, 1.165) is 17.1 Å². The van der Waals surface area contributed by atoms with Crippen LogP contribution >= 0.6 is 11.6 Å². The first-order chi connectivity index (χ1) is 14.7. The summed E-state index contributed by atoms with van der Waals surface area (Å²) in [5, 5.41) is 19.7. The number of carbonyl (C=O) groups is 1. The fraction of sp³-hybridized carbons (Fsp3) is 0.304. The van der Waals surface area contributed by atoms with Crippen LogP contribution in [0.2, 0.25) is 5.02 Å². The van der Waals surface area contributed by atoms with Gasteiger partial charge in [-0.25, -0.2) is 13.9 Å². The average Bonchev–Trinajstić information content (AvgIpc) is 3.13. The van der Waals surface area contributed by atoms with Crippen molar-refractivity contribution in [2.45, 2.75) is 39.2 Å². The number of aliphatic hydroxyl groups excluding tert-OH is 1. The van der Waals surface area contributed by atoms with Crippen molar-refractivity contribution in [1.82, 2.24) is 15.1 Å². The fourth-order valence-electron chi connectivity index (χ4n) is 3.04. The monoisotopic (exact) mass is 444 g/mol. The lowest BCUT2D eigenvalue weighted by molar-refractivity contribution is 0.251. The standard InChI is InChI=1S/C23H26ClFN4O2/c1-23(2,3)21-13-19(29(28-21)18-6-4-5-16(24)11-18)14-26-22(31)27-17-8-7-15(9-10-30)20(25)12-17/h4-8,11-13,30H,9-10,14H2,1-3H3,(H2,26,27,31). The van der Waals surface area contributed by atoms with E-state index in [0.29, 0.717) is 16.3 Å². The fourth-order valence-corrected chi connectivity index (χ4v) is 3.22. The number of benzene rings is 2. The minimum absolute atomic E-state index is 0.138. The summed E-state index contributed by atoms with van der Waals surface area (Å²) in [6.07, 6.45) is 0.224. The topological polar surface area (TPSA) is 79.2 Å². The van der Waals surface area contributed by atoms with E-state index in [1.165, 1.54) is 6.07 Å². The lowest BCUT2D eigenvalue weighted by Gasteiger charge is -2.14. The Bertz CT molecular complexity index is 1080. The van der Waals surface area contributed by atoms with Crippen molar-refractivity contribution in [2.24, 2.45) is 0 Å². The zero-order chi connectivity index (χ0) is 22.6. The van der Waals surface area contributed by atoms with E-state index in [4.69, 9.17) is 21.8 Å². The molecule has 0 bridgehead atoms. The summed E-state index contributed by atoms with van der Waals surface area (Å²) < 4.78 is 15.8. The molecular weight excluding hydrogens is 419 g/mol. The first kappa shape index (κ1) is 22.8. The van der Waals surface area contributed by atoms with Crippen molar-refractivity contribution >= 4 is 23.3 Å². The van der Waals surface area contributed by atoms with Gasteiger partial charge in [-0.2, -0.15) is 5.10 Å². The largest absolute Gasteiger partial charge is 0.396 e. The predicted octanol–water partition coefficient (Wildman–Crippen LogP) is 4.82. The van der Waals surface area contributed by atoms with E-state index in [-0.39, 0.29) is 25.0 Å². The molecule has 0 saturated carbocycles. The second-order valence-electron chi connectivity index (χ2n) is 8.25. The van der Waals surface area contributed by atoms with E-state index in [1.54, 1.807) is 28.9 Å². The third-order valence-corrected chi connectivity index (χ3v) is 4.96. The number of rotatable bonds is 6. The van der Waals surface area contributed by atoms with Crippen molar-refractivity contribution in [3.63, 3.8) is 0 Å². The maximum absolute atomic E-state index is 14.0. The quantitative estimate of drug-likeness (QED) is 0.510. The number of hydrogen-bond donors (Lipinski definition) is 3. The molecule has 164 valence electrons. The third-order valence-electron chi connectivity index (χ3n) is 4.73. The molecule has 0 aliphatic rings. The van der Waals surface area contributed by atoms with E-state index in [9.17, 15) is 9.18 Å². The van der Waals surface area contributed by atoms with Crippen LogP contribution in [0.1, 0.15) is 37.7 Å². The molecule has 3 rings (SSSR count). The Balaban J connectivity index is 1.75. The lowest BCUT2D eigenvalue weighted by Crippen LogP contribution is -2.29. The molecule has 0 atom stereocenters. The summed E-state index contributed by atoms with van der Waals surface area (Å²) in [4.78, 5) is 12.4. The van der Waals surface area contributed by atoms with Gasteiger partial charge in [-0.05, 0) is 48.4 Å². The highest BCUT2D eigenvalue weighted by Gasteiger charge is 2.21. The number of hydrogen-bond acceptors (Lipinski definition) is 3. The van der Waals surface area contributed by atoms with Gasteiger partial charge in [0.1, 0.15) is 5.82 Å². The summed E-state index contributed by atoms with van der Waals surface area (Å²) in [6, 6.07) is 13.2. The average molecular weight is 445 g/mol. The molecule has 8 heteroatoms. The minimum atomic E-state index is -0.472. The van der Waals surface area contributed by atoms with Crippen LogP contribution in [0.15, 0.2) is 48.5 Å². The van der Waals surface area contributed by atoms with Gasteiger partial charge in [0.05, 0.1) is 23.6 Å². The van der Waals surface area contributed by atoms with Crippen molar-refractivity contribution in [3.8, 4) is 5.69 Å². The second-order valence-corrected chi connectivity index (χ2v) is 8.69. The highest BCUT2D eigenvalue weighted by Crippen LogP contribution is 2.25. The van der Waals surface area contributed by atoms with Gasteiger partial charge >= 0.3 is 6.03 Å².